The lowest BCUT2D eigenvalue weighted by atomic mass is 9.98. The van der Waals surface area contributed by atoms with Crippen molar-refractivity contribution >= 4 is 29.4 Å². The Hall–Kier alpha value is -3.89. The summed E-state index contributed by atoms with van der Waals surface area (Å²) in [6.07, 6.45) is 2.54. The first-order chi connectivity index (χ1) is 18.3. The number of benzene rings is 2. The number of halogens is 1. The van der Waals surface area contributed by atoms with Crippen molar-refractivity contribution in [3.8, 4) is 5.75 Å². The Bertz CT molecular complexity index is 1280. The van der Waals surface area contributed by atoms with Gasteiger partial charge in [-0.3, -0.25) is 14.8 Å². The van der Waals surface area contributed by atoms with Crippen LogP contribution in [-0.4, -0.2) is 44.8 Å². The molecule has 0 aliphatic heterocycles. The molecule has 4 N–H and O–H groups in total. The molecule has 0 aliphatic rings. The molecule has 202 valence electrons. The molecule has 11 heteroatoms. The molecule has 10 nitrogen and oxygen atoms in total. The number of ether oxygens (including phenoxy) is 1. The predicted molar refractivity (Wildman–Crippen MR) is 140 cm³/mol. The van der Waals surface area contributed by atoms with Gasteiger partial charge < -0.3 is 19.7 Å². The summed E-state index contributed by atoms with van der Waals surface area (Å²) in [7, 11) is 1.46. The molecule has 2 amide bonds. The van der Waals surface area contributed by atoms with Gasteiger partial charge >= 0.3 is 5.97 Å². The van der Waals surface area contributed by atoms with Crippen LogP contribution in [0.3, 0.4) is 0 Å². The molecular weight excluding hydrogens is 512 g/mol. The van der Waals surface area contributed by atoms with Crippen molar-refractivity contribution in [2.75, 3.05) is 7.11 Å². The van der Waals surface area contributed by atoms with E-state index in [0.29, 0.717) is 29.3 Å². The van der Waals surface area contributed by atoms with E-state index < -0.39 is 23.7 Å². The largest absolute Gasteiger partial charge is 0.496 e. The van der Waals surface area contributed by atoms with E-state index >= 15 is 0 Å². The lowest BCUT2D eigenvalue weighted by molar-refractivity contribution is -0.140. The zero-order chi connectivity index (χ0) is 27.7. The number of nitrogens with one attached hydrogen (secondary N) is 2. The number of aromatic carboxylic acids is 1. The first-order valence-corrected chi connectivity index (χ1v) is 12.6. The summed E-state index contributed by atoms with van der Waals surface area (Å²) >= 11 is 6.51. The van der Waals surface area contributed by atoms with Crippen LogP contribution in [0, 0.1) is 5.92 Å². The predicted octanol–water partition coefficient (Wildman–Crippen LogP) is 3.61. The van der Waals surface area contributed by atoms with Crippen molar-refractivity contribution in [1.29, 1.82) is 0 Å². The van der Waals surface area contributed by atoms with Crippen LogP contribution in [0.2, 0.25) is 5.15 Å². The van der Waals surface area contributed by atoms with Crippen LogP contribution in [0.15, 0.2) is 48.5 Å². The first kappa shape index (κ1) is 28.7. The number of hydrogen-bond donors (Lipinski definition) is 4. The Kier molecular flexibility index (Phi) is 10.3. The molecular formula is C27H31ClN4O6. The van der Waals surface area contributed by atoms with Gasteiger partial charge in [0, 0.05) is 12.0 Å². The maximum absolute atomic E-state index is 13.1. The third-order valence-electron chi connectivity index (χ3n) is 6.18. The van der Waals surface area contributed by atoms with Crippen LogP contribution < -0.4 is 15.5 Å². The Morgan fingerprint density at radius 2 is 1.87 bits per heavy atom. The quantitative estimate of drug-likeness (QED) is 0.147. The molecule has 0 bridgehead atoms. The van der Waals surface area contributed by atoms with Crippen molar-refractivity contribution in [3.63, 3.8) is 0 Å². The number of carbonyl (C=O) groups excluding carboxylic acids is 2. The van der Waals surface area contributed by atoms with E-state index in [9.17, 15) is 24.7 Å². The zero-order valence-corrected chi connectivity index (χ0v) is 22.0. The number of carboxylic acid groups (broad SMARTS) is 1. The van der Waals surface area contributed by atoms with E-state index in [-0.39, 0.29) is 30.2 Å². The van der Waals surface area contributed by atoms with Crippen molar-refractivity contribution < 1.29 is 29.4 Å². The average molecular weight is 543 g/mol. The molecule has 0 saturated carbocycles. The van der Waals surface area contributed by atoms with Gasteiger partial charge in [-0.15, -0.1) is 0 Å². The molecule has 1 unspecified atom stereocenters. The lowest BCUT2D eigenvalue weighted by Gasteiger charge is -2.18. The Labute approximate surface area is 225 Å². The summed E-state index contributed by atoms with van der Waals surface area (Å²) in [6.45, 7) is 2.32. The van der Waals surface area contributed by atoms with Gasteiger partial charge in [-0.1, -0.05) is 61.3 Å². The summed E-state index contributed by atoms with van der Waals surface area (Å²) in [4.78, 5) is 41.2. The van der Waals surface area contributed by atoms with Gasteiger partial charge in [0.25, 0.3) is 5.91 Å². The van der Waals surface area contributed by atoms with Gasteiger partial charge in [-0.25, -0.2) is 15.3 Å². The maximum atomic E-state index is 13.1. The normalized spacial score (nSPS) is 11.6. The summed E-state index contributed by atoms with van der Waals surface area (Å²) in [6, 6.07) is 13.6. The number of aromatic nitrogens is 2. The smallest absolute Gasteiger partial charge is 0.335 e. The van der Waals surface area contributed by atoms with Crippen molar-refractivity contribution in [3.05, 3.63) is 81.9 Å². The second-order valence-corrected chi connectivity index (χ2v) is 9.08. The van der Waals surface area contributed by atoms with Crippen LogP contribution in [0.4, 0.5) is 0 Å². The number of rotatable bonds is 13. The third-order valence-corrected chi connectivity index (χ3v) is 6.48. The van der Waals surface area contributed by atoms with Crippen LogP contribution in [0.25, 0.3) is 0 Å². The molecule has 0 spiro atoms. The van der Waals surface area contributed by atoms with Gasteiger partial charge in [0.05, 0.1) is 31.5 Å². The van der Waals surface area contributed by atoms with Crippen LogP contribution in [0.1, 0.15) is 52.8 Å². The van der Waals surface area contributed by atoms with Crippen molar-refractivity contribution in [2.45, 2.75) is 45.7 Å². The number of carbonyl (C=O) groups is 3. The van der Waals surface area contributed by atoms with E-state index in [4.69, 9.17) is 16.3 Å². The molecule has 1 aromatic heterocycles. The second-order valence-electron chi connectivity index (χ2n) is 8.72. The maximum Gasteiger partial charge on any atom is 0.335 e. The lowest BCUT2D eigenvalue weighted by Crippen LogP contribution is -2.41. The van der Waals surface area contributed by atoms with Gasteiger partial charge in [-0.2, -0.15) is 0 Å². The topological polar surface area (TPSA) is 143 Å². The van der Waals surface area contributed by atoms with Crippen LogP contribution >= 0.6 is 11.6 Å². The summed E-state index contributed by atoms with van der Waals surface area (Å²) < 4.78 is 7.30. The highest BCUT2D eigenvalue weighted by Crippen LogP contribution is 2.26. The molecule has 0 aliphatic carbocycles. The third kappa shape index (κ3) is 7.11. The van der Waals surface area contributed by atoms with E-state index in [1.807, 2.05) is 10.6 Å². The molecule has 1 heterocycles. The number of carboxylic acids is 1. The number of hydroxylamine groups is 1. The molecule has 0 radical (unpaired) electrons. The van der Waals surface area contributed by atoms with E-state index in [1.54, 1.807) is 35.8 Å². The highest BCUT2D eigenvalue weighted by molar-refractivity contribution is 6.30. The highest BCUT2D eigenvalue weighted by atomic mass is 35.5. The number of hydrogen-bond acceptors (Lipinski definition) is 6. The molecule has 1 atom stereocenters. The van der Waals surface area contributed by atoms with Crippen molar-refractivity contribution in [1.82, 2.24) is 20.3 Å². The summed E-state index contributed by atoms with van der Waals surface area (Å²) in [5, 5.41) is 21.5. The second kappa shape index (κ2) is 13.6. The average Bonchev–Trinajstić information content (AvgIpc) is 3.22. The zero-order valence-electron chi connectivity index (χ0n) is 21.2. The molecule has 38 heavy (non-hydrogen) atoms. The molecule has 2 aromatic carbocycles. The minimum atomic E-state index is -1.17. The fourth-order valence-electron chi connectivity index (χ4n) is 4.09. The van der Waals surface area contributed by atoms with Crippen LogP contribution in [-0.2, 0) is 35.5 Å². The minimum Gasteiger partial charge on any atom is -0.496 e. The molecule has 3 rings (SSSR count). The Balaban J connectivity index is 1.88. The van der Waals surface area contributed by atoms with E-state index in [2.05, 4.69) is 17.2 Å². The van der Waals surface area contributed by atoms with Gasteiger partial charge in [0.15, 0.2) is 5.15 Å². The number of nitrogens with zero attached hydrogens (tertiary/aromatic N) is 2. The van der Waals surface area contributed by atoms with Gasteiger partial charge in [-0.05, 0) is 30.5 Å². The molecule has 3 aromatic rings. The Morgan fingerprint density at radius 1 is 1.13 bits per heavy atom. The van der Waals surface area contributed by atoms with Gasteiger partial charge in [0.2, 0.25) is 5.91 Å². The fraction of sp³-hybridized carbons (Fsp3) is 0.333. The first-order valence-electron chi connectivity index (χ1n) is 12.2. The molecule has 0 saturated heterocycles. The number of amides is 2. The van der Waals surface area contributed by atoms with E-state index in [1.165, 1.54) is 19.2 Å². The number of methoxy groups -OCH3 is 1. The SMILES string of the molecule is CCCCc1nc(Cl)c(CNC(=O)C(Cc2ccccc2)C(=O)NO)n1Cc1ccc(C(=O)O)cc1OC. The molecule has 0 fully saturated rings. The Morgan fingerprint density at radius 3 is 2.50 bits per heavy atom. The standard InChI is InChI=1S/C27H31ClN4O6/c1-3-4-10-23-30-24(28)21(32(23)16-19-12-11-18(27(35)36)14-22(19)38-2)15-29-25(33)20(26(34)31-37)13-17-8-6-5-7-9-17/h5-9,11-12,14,20,37H,3-4,10,13,15-16H2,1-2H3,(H,29,33)(H,31,34)(H,35,36). The minimum absolute atomic E-state index is 0.0175. The highest BCUT2D eigenvalue weighted by Gasteiger charge is 2.28. The monoisotopic (exact) mass is 542 g/mol. The fourth-order valence-corrected chi connectivity index (χ4v) is 4.36. The summed E-state index contributed by atoms with van der Waals surface area (Å²) in [5.74, 6) is -2.53. The summed E-state index contributed by atoms with van der Waals surface area (Å²) in [5.41, 5.74) is 3.67. The number of unbranched alkanes of at least 4 members (excludes halogenated alkanes) is 1. The van der Waals surface area contributed by atoms with Crippen LogP contribution in [0.5, 0.6) is 5.75 Å². The number of aryl methyl sites for hydroxylation is 1. The van der Waals surface area contributed by atoms with Crippen molar-refractivity contribution in [2.24, 2.45) is 5.92 Å². The number of imidazole rings is 1. The van der Waals surface area contributed by atoms with E-state index in [0.717, 1.165) is 18.4 Å². The van der Waals surface area contributed by atoms with Gasteiger partial charge in [0.1, 0.15) is 17.5 Å².